The van der Waals surface area contributed by atoms with Crippen LogP contribution in [0.1, 0.15) is 50.5 Å². The second kappa shape index (κ2) is 13.6. The lowest BCUT2D eigenvalue weighted by molar-refractivity contribution is 0.188. The molecule has 1 aliphatic heterocycles. The second-order valence-electron chi connectivity index (χ2n) is 11.3. The molecule has 0 radical (unpaired) electrons. The van der Waals surface area contributed by atoms with E-state index in [-0.39, 0.29) is 22.9 Å². The van der Waals surface area contributed by atoms with E-state index in [0.717, 1.165) is 25.2 Å². The molecule has 1 aliphatic carbocycles. The Hall–Kier alpha value is -2.24. The van der Waals surface area contributed by atoms with Crippen LogP contribution in [0.2, 0.25) is 0 Å². The summed E-state index contributed by atoms with van der Waals surface area (Å²) in [6, 6.07) is 13.1. The monoisotopic (exact) mass is 588 g/mol. The highest BCUT2D eigenvalue weighted by molar-refractivity contribution is 7.89. The first-order valence-electron chi connectivity index (χ1n) is 14.4. The van der Waals surface area contributed by atoms with Crippen LogP contribution >= 0.6 is 0 Å². The summed E-state index contributed by atoms with van der Waals surface area (Å²) in [5.74, 6) is 0.642. The van der Waals surface area contributed by atoms with Crippen LogP contribution in [0.25, 0.3) is 0 Å². The van der Waals surface area contributed by atoms with Crippen LogP contribution in [0.3, 0.4) is 0 Å². The van der Waals surface area contributed by atoms with Gasteiger partial charge >= 0.3 is 0 Å². The fraction of sp³-hybridized carbons (Fsp3) is 0.533. The number of nitrogens with zero attached hydrogens (tertiary/aromatic N) is 3. The van der Waals surface area contributed by atoms with Crippen LogP contribution in [0.15, 0.2) is 70.5 Å². The average Bonchev–Trinajstić information content (AvgIpc) is 2.92. The van der Waals surface area contributed by atoms with E-state index in [2.05, 4.69) is 11.5 Å². The molecule has 2 aromatic rings. The number of nitrogen functional groups attached to an aromatic ring is 1. The fourth-order valence-corrected chi connectivity index (χ4v) is 8.74. The summed E-state index contributed by atoms with van der Waals surface area (Å²) in [5.41, 5.74) is 7.81. The van der Waals surface area contributed by atoms with E-state index in [9.17, 15) is 16.8 Å². The smallest absolute Gasteiger partial charge is 0.243 e. The molecule has 2 fully saturated rings. The van der Waals surface area contributed by atoms with Gasteiger partial charge in [-0.15, -0.1) is 0 Å². The van der Waals surface area contributed by atoms with Gasteiger partial charge in [-0.2, -0.15) is 8.61 Å². The highest BCUT2D eigenvalue weighted by Crippen LogP contribution is 2.26. The Morgan fingerprint density at radius 2 is 1.20 bits per heavy atom. The van der Waals surface area contributed by atoms with Gasteiger partial charge in [-0.3, -0.25) is 0 Å². The zero-order valence-corrected chi connectivity index (χ0v) is 25.3. The van der Waals surface area contributed by atoms with Crippen LogP contribution < -0.4 is 5.73 Å². The number of rotatable bonds is 6. The maximum atomic E-state index is 13.7. The van der Waals surface area contributed by atoms with E-state index in [4.69, 9.17) is 5.73 Å². The zero-order valence-electron chi connectivity index (χ0n) is 23.7. The van der Waals surface area contributed by atoms with Crippen molar-refractivity contribution in [1.29, 1.82) is 0 Å². The number of hydrogen-bond acceptors (Lipinski definition) is 6. The largest absolute Gasteiger partial charge is 0.399 e. The van der Waals surface area contributed by atoms with Gasteiger partial charge < -0.3 is 10.6 Å². The third-order valence-corrected chi connectivity index (χ3v) is 11.7. The average molecular weight is 589 g/mol. The summed E-state index contributed by atoms with van der Waals surface area (Å²) < 4.78 is 57.7. The van der Waals surface area contributed by atoms with Gasteiger partial charge in [0.25, 0.3) is 0 Å². The Bertz CT molecular complexity index is 1240. The predicted octanol–water partition coefficient (Wildman–Crippen LogP) is 4.49. The normalized spacial score (nSPS) is 20.6. The molecule has 2 aliphatic rings. The van der Waals surface area contributed by atoms with Crippen LogP contribution in [0.4, 0.5) is 5.69 Å². The number of anilines is 1. The van der Waals surface area contributed by atoms with E-state index >= 15 is 0 Å². The first kappa shape index (κ1) is 30.7. The molecule has 1 saturated heterocycles. The lowest BCUT2D eigenvalue weighted by Gasteiger charge is -2.33. The van der Waals surface area contributed by atoms with Crippen molar-refractivity contribution in [2.45, 2.75) is 61.7 Å². The standard InChI is InChI=1S/C30H44N4O4S2/c1-25-10-14-29(15-11-25)39(35,36)33-20-6-18-32(24-27-8-4-3-5-9-27)19-7-21-34(23-26(2)22-33)40(37,38)30-16-12-28(31)13-17-30/h10-17,27H,2-9,18-24,31H2,1H3. The topological polar surface area (TPSA) is 104 Å². The number of sulfonamides is 2. The summed E-state index contributed by atoms with van der Waals surface area (Å²) in [7, 11) is -7.61. The molecular formula is C30H44N4O4S2. The zero-order chi connectivity index (χ0) is 28.8. The third kappa shape index (κ3) is 7.94. The van der Waals surface area contributed by atoms with Gasteiger partial charge in [0, 0.05) is 38.4 Å². The van der Waals surface area contributed by atoms with Crippen molar-refractivity contribution in [2.24, 2.45) is 5.92 Å². The van der Waals surface area contributed by atoms with Gasteiger partial charge in [0.05, 0.1) is 9.79 Å². The predicted molar refractivity (Wildman–Crippen MR) is 161 cm³/mol. The fourth-order valence-electron chi connectivity index (χ4n) is 5.74. The molecule has 0 aromatic heterocycles. The highest BCUT2D eigenvalue weighted by atomic mass is 32.2. The number of hydrogen-bond donors (Lipinski definition) is 1. The summed E-state index contributed by atoms with van der Waals surface area (Å²) in [6.45, 7) is 9.36. The minimum absolute atomic E-state index is 0.0508. The first-order valence-corrected chi connectivity index (χ1v) is 17.3. The van der Waals surface area contributed by atoms with Gasteiger partial charge in [-0.1, -0.05) is 43.5 Å². The maximum Gasteiger partial charge on any atom is 0.243 e. The summed E-state index contributed by atoms with van der Waals surface area (Å²) >= 11 is 0. The van der Waals surface area contributed by atoms with Crippen molar-refractivity contribution in [3.8, 4) is 0 Å². The quantitative estimate of drug-likeness (QED) is 0.394. The van der Waals surface area contributed by atoms with E-state index in [1.54, 1.807) is 36.4 Å². The Morgan fingerprint density at radius 1 is 0.725 bits per heavy atom. The van der Waals surface area contributed by atoms with Crippen LogP contribution in [-0.2, 0) is 20.0 Å². The van der Waals surface area contributed by atoms with Crippen molar-refractivity contribution in [2.75, 3.05) is 51.5 Å². The Kier molecular flexibility index (Phi) is 10.5. The van der Waals surface area contributed by atoms with E-state index in [1.165, 1.54) is 52.8 Å². The SMILES string of the molecule is C=C1CN(S(=O)(=O)c2ccc(C)cc2)CCCN(CC2CCCCC2)CCCN(S(=O)(=O)c2ccc(N)cc2)C1. The summed E-state index contributed by atoms with van der Waals surface area (Å²) in [6.07, 6.45) is 7.67. The molecule has 2 N–H and O–H groups in total. The first-order chi connectivity index (χ1) is 19.1. The molecule has 0 spiro atoms. The Balaban J connectivity index is 1.60. The summed E-state index contributed by atoms with van der Waals surface area (Å²) in [5, 5.41) is 0. The van der Waals surface area contributed by atoms with Gasteiger partial charge in [-0.05, 0) is 93.6 Å². The molecule has 8 nitrogen and oxygen atoms in total. The van der Waals surface area contributed by atoms with E-state index in [0.29, 0.717) is 43.1 Å². The van der Waals surface area contributed by atoms with Crippen molar-refractivity contribution in [3.63, 3.8) is 0 Å². The van der Waals surface area contributed by atoms with Crippen molar-refractivity contribution < 1.29 is 16.8 Å². The van der Waals surface area contributed by atoms with Gasteiger partial charge in [0.15, 0.2) is 0 Å². The Labute approximate surface area is 240 Å². The van der Waals surface area contributed by atoms with Crippen molar-refractivity contribution in [1.82, 2.24) is 13.5 Å². The maximum absolute atomic E-state index is 13.7. The van der Waals surface area contributed by atoms with Crippen LogP contribution in [0.5, 0.6) is 0 Å². The summed E-state index contributed by atoms with van der Waals surface area (Å²) in [4.78, 5) is 2.82. The third-order valence-electron chi connectivity index (χ3n) is 7.98. The molecule has 40 heavy (non-hydrogen) atoms. The molecule has 1 saturated carbocycles. The second-order valence-corrected chi connectivity index (χ2v) is 15.2. The minimum Gasteiger partial charge on any atom is -0.399 e. The number of aryl methyl sites for hydroxylation is 1. The minimum atomic E-state index is -3.82. The molecule has 2 aromatic carbocycles. The number of nitrogens with two attached hydrogens (primary N) is 1. The van der Waals surface area contributed by atoms with Gasteiger partial charge in [-0.25, -0.2) is 16.8 Å². The van der Waals surface area contributed by atoms with Crippen molar-refractivity contribution >= 4 is 25.7 Å². The van der Waals surface area contributed by atoms with Gasteiger partial charge in [0.2, 0.25) is 20.0 Å². The van der Waals surface area contributed by atoms with E-state index in [1.807, 2.05) is 6.92 Å². The number of benzene rings is 2. The van der Waals surface area contributed by atoms with Crippen molar-refractivity contribution in [3.05, 3.63) is 66.2 Å². The molecule has 0 atom stereocenters. The molecule has 220 valence electrons. The molecule has 0 bridgehead atoms. The lowest BCUT2D eigenvalue weighted by Crippen LogP contribution is -2.42. The van der Waals surface area contributed by atoms with Crippen LogP contribution in [0, 0.1) is 12.8 Å². The highest BCUT2D eigenvalue weighted by Gasteiger charge is 2.30. The molecule has 0 amide bonds. The molecule has 10 heteroatoms. The lowest BCUT2D eigenvalue weighted by atomic mass is 9.89. The molecule has 1 heterocycles. The van der Waals surface area contributed by atoms with Gasteiger partial charge in [0.1, 0.15) is 0 Å². The van der Waals surface area contributed by atoms with E-state index < -0.39 is 20.0 Å². The molecule has 0 unspecified atom stereocenters. The molecule has 4 rings (SSSR count). The Morgan fingerprint density at radius 3 is 1.70 bits per heavy atom. The van der Waals surface area contributed by atoms with Crippen LogP contribution in [-0.4, -0.2) is 76.2 Å². The molecular weight excluding hydrogens is 544 g/mol.